The van der Waals surface area contributed by atoms with Crippen LogP contribution in [0.5, 0.6) is 0 Å². The molecule has 0 aliphatic carbocycles. The first-order valence-corrected chi connectivity index (χ1v) is 13.0. The maximum Gasteiger partial charge on any atom is 0.193 e. The molecule has 3 saturated heterocycles. The van der Waals surface area contributed by atoms with Crippen molar-refractivity contribution < 1.29 is 9.47 Å². The molecule has 1 unspecified atom stereocenters. The number of hydrogen-bond donors (Lipinski definition) is 1. The molecule has 0 aromatic heterocycles. The average molecular weight is 438 g/mol. The molecule has 31 heavy (non-hydrogen) atoms. The van der Waals surface area contributed by atoms with Crippen LogP contribution in [0.25, 0.3) is 0 Å². The first kappa shape index (κ1) is 24.7. The van der Waals surface area contributed by atoms with E-state index in [0.29, 0.717) is 12.2 Å². The number of hydrogen-bond acceptors (Lipinski definition) is 5. The van der Waals surface area contributed by atoms with Crippen LogP contribution in [0.3, 0.4) is 0 Å². The second kappa shape index (κ2) is 14.3. The summed E-state index contributed by atoms with van der Waals surface area (Å²) in [4.78, 5) is 12.5. The fourth-order valence-electron chi connectivity index (χ4n) is 4.80. The summed E-state index contributed by atoms with van der Waals surface area (Å²) in [6.07, 6.45) is 8.92. The molecular weight excluding hydrogens is 390 g/mol. The van der Waals surface area contributed by atoms with E-state index in [9.17, 15) is 0 Å². The van der Waals surface area contributed by atoms with E-state index in [0.717, 1.165) is 64.6 Å². The lowest BCUT2D eigenvalue weighted by Gasteiger charge is -2.35. The zero-order chi connectivity index (χ0) is 21.7. The molecule has 3 rings (SSSR count). The van der Waals surface area contributed by atoms with E-state index in [1.54, 1.807) is 0 Å². The number of ether oxygens (including phenoxy) is 2. The molecule has 1 atom stereocenters. The normalized spacial score (nSPS) is 25.2. The second-order valence-corrected chi connectivity index (χ2v) is 9.23. The molecular formula is C24H47N5O2. The molecule has 3 fully saturated rings. The molecule has 0 aromatic rings. The van der Waals surface area contributed by atoms with Crippen molar-refractivity contribution in [3.8, 4) is 0 Å². The maximum atomic E-state index is 6.18. The summed E-state index contributed by atoms with van der Waals surface area (Å²) in [5.41, 5.74) is 0. The lowest BCUT2D eigenvalue weighted by Crippen LogP contribution is -2.47. The van der Waals surface area contributed by atoms with Crippen LogP contribution in [0.4, 0.5) is 0 Å². The minimum atomic E-state index is 0.321. The summed E-state index contributed by atoms with van der Waals surface area (Å²) >= 11 is 0. The first-order valence-electron chi connectivity index (χ1n) is 13.0. The Morgan fingerprint density at radius 1 is 0.968 bits per heavy atom. The summed E-state index contributed by atoms with van der Waals surface area (Å²) < 4.78 is 12.0. The topological polar surface area (TPSA) is 52.6 Å². The number of piperidine rings is 1. The highest BCUT2D eigenvalue weighted by Crippen LogP contribution is 2.18. The third-order valence-electron chi connectivity index (χ3n) is 6.92. The minimum Gasteiger partial charge on any atom is -0.376 e. The Kier molecular flexibility index (Phi) is 11.4. The number of aliphatic imine (C=N–C) groups is 1. The molecule has 1 N–H and O–H groups in total. The van der Waals surface area contributed by atoms with Gasteiger partial charge in [-0.1, -0.05) is 6.92 Å². The van der Waals surface area contributed by atoms with Crippen LogP contribution in [0.1, 0.15) is 58.8 Å². The SMILES string of the molecule is CCNC(=NCCCCN1CCN(CC)CC1)N1CCC(OCC2CCCCO2)CC1. The van der Waals surface area contributed by atoms with E-state index in [4.69, 9.17) is 14.5 Å². The summed E-state index contributed by atoms with van der Waals surface area (Å²) in [6.45, 7) is 17.3. The number of likely N-dealkylation sites (N-methyl/N-ethyl adjacent to an activating group) is 1. The maximum absolute atomic E-state index is 6.18. The van der Waals surface area contributed by atoms with Crippen molar-refractivity contribution in [3.05, 3.63) is 0 Å². The number of nitrogens with zero attached hydrogens (tertiary/aromatic N) is 4. The van der Waals surface area contributed by atoms with E-state index < -0.39 is 0 Å². The van der Waals surface area contributed by atoms with Gasteiger partial charge in [-0.05, 0) is 65.0 Å². The molecule has 3 aliphatic heterocycles. The number of unbranched alkanes of at least 4 members (excludes halogenated alkanes) is 1. The lowest BCUT2D eigenvalue weighted by atomic mass is 10.1. The predicted molar refractivity (Wildman–Crippen MR) is 128 cm³/mol. The van der Waals surface area contributed by atoms with Crippen LogP contribution in [0.15, 0.2) is 4.99 Å². The zero-order valence-electron chi connectivity index (χ0n) is 20.2. The molecule has 0 bridgehead atoms. The van der Waals surface area contributed by atoms with Gasteiger partial charge in [-0.2, -0.15) is 0 Å². The van der Waals surface area contributed by atoms with Crippen LogP contribution < -0.4 is 5.32 Å². The summed E-state index contributed by atoms with van der Waals surface area (Å²) in [5.74, 6) is 1.09. The predicted octanol–water partition coefficient (Wildman–Crippen LogP) is 2.42. The van der Waals surface area contributed by atoms with E-state index >= 15 is 0 Å². The van der Waals surface area contributed by atoms with Crippen LogP contribution in [-0.2, 0) is 9.47 Å². The van der Waals surface area contributed by atoms with Gasteiger partial charge in [-0.25, -0.2) is 0 Å². The third kappa shape index (κ3) is 8.87. The Balaban J connectivity index is 1.30. The fraction of sp³-hybridized carbons (Fsp3) is 0.958. The molecule has 0 spiro atoms. The number of rotatable bonds is 10. The molecule has 0 saturated carbocycles. The Bertz CT molecular complexity index is 496. The average Bonchev–Trinajstić information content (AvgIpc) is 2.83. The number of guanidine groups is 1. The Hall–Kier alpha value is -0.890. The lowest BCUT2D eigenvalue weighted by molar-refractivity contribution is -0.0721. The Labute approximate surface area is 190 Å². The monoisotopic (exact) mass is 437 g/mol. The van der Waals surface area contributed by atoms with Crippen molar-refractivity contribution in [2.24, 2.45) is 4.99 Å². The molecule has 0 radical (unpaired) electrons. The van der Waals surface area contributed by atoms with Crippen molar-refractivity contribution in [3.63, 3.8) is 0 Å². The van der Waals surface area contributed by atoms with Crippen molar-refractivity contribution in [1.82, 2.24) is 20.0 Å². The fourth-order valence-corrected chi connectivity index (χ4v) is 4.80. The summed E-state index contributed by atoms with van der Waals surface area (Å²) in [6, 6.07) is 0. The van der Waals surface area contributed by atoms with Gasteiger partial charge in [-0.15, -0.1) is 0 Å². The van der Waals surface area contributed by atoms with Crippen LogP contribution >= 0.6 is 0 Å². The second-order valence-electron chi connectivity index (χ2n) is 9.23. The minimum absolute atomic E-state index is 0.321. The first-order chi connectivity index (χ1) is 15.3. The van der Waals surface area contributed by atoms with Crippen LogP contribution in [0.2, 0.25) is 0 Å². The number of likely N-dealkylation sites (tertiary alicyclic amines) is 1. The van der Waals surface area contributed by atoms with Gasteiger partial charge in [0.05, 0.1) is 18.8 Å². The molecule has 3 heterocycles. The van der Waals surface area contributed by atoms with Crippen molar-refractivity contribution in [2.75, 3.05) is 78.7 Å². The van der Waals surface area contributed by atoms with Gasteiger partial charge in [0, 0.05) is 59.0 Å². The van der Waals surface area contributed by atoms with Crippen molar-refractivity contribution >= 4 is 5.96 Å². The number of piperazine rings is 1. The standard InChI is InChI=1S/C24H47N5O2/c1-3-25-24(26-12-6-7-13-28-18-16-27(4-2)17-19-28)29-14-10-22(11-15-29)31-21-23-9-5-8-20-30-23/h22-23H,3-21H2,1-2H3,(H,25,26). The molecule has 3 aliphatic rings. The van der Waals surface area contributed by atoms with Gasteiger partial charge in [0.25, 0.3) is 0 Å². The van der Waals surface area contributed by atoms with Crippen LogP contribution in [0, 0.1) is 0 Å². The van der Waals surface area contributed by atoms with Crippen molar-refractivity contribution in [1.29, 1.82) is 0 Å². The third-order valence-corrected chi connectivity index (χ3v) is 6.92. The Morgan fingerprint density at radius 3 is 2.42 bits per heavy atom. The molecule has 0 amide bonds. The highest BCUT2D eigenvalue weighted by Gasteiger charge is 2.23. The highest BCUT2D eigenvalue weighted by molar-refractivity contribution is 5.80. The zero-order valence-corrected chi connectivity index (χ0v) is 20.2. The molecule has 0 aromatic carbocycles. The molecule has 180 valence electrons. The molecule has 7 nitrogen and oxygen atoms in total. The van der Waals surface area contributed by atoms with Gasteiger partial charge in [0.15, 0.2) is 5.96 Å². The van der Waals surface area contributed by atoms with E-state index in [1.807, 2.05) is 0 Å². The van der Waals surface area contributed by atoms with E-state index in [-0.39, 0.29) is 0 Å². The quantitative estimate of drug-likeness (QED) is 0.322. The van der Waals surface area contributed by atoms with Gasteiger partial charge >= 0.3 is 0 Å². The van der Waals surface area contributed by atoms with Gasteiger partial charge in [0.2, 0.25) is 0 Å². The summed E-state index contributed by atoms with van der Waals surface area (Å²) in [7, 11) is 0. The molecule has 7 heteroatoms. The van der Waals surface area contributed by atoms with Crippen LogP contribution in [-0.4, -0.2) is 112 Å². The largest absolute Gasteiger partial charge is 0.376 e. The smallest absolute Gasteiger partial charge is 0.193 e. The summed E-state index contributed by atoms with van der Waals surface area (Å²) in [5, 5.41) is 3.50. The Morgan fingerprint density at radius 2 is 1.74 bits per heavy atom. The van der Waals surface area contributed by atoms with Gasteiger partial charge in [-0.3, -0.25) is 4.99 Å². The van der Waals surface area contributed by atoms with Gasteiger partial charge in [0.1, 0.15) is 0 Å². The van der Waals surface area contributed by atoms with Crippen molar-refractivity contribution in [2.45, 2.75) is 71.0 Å². The van der Waals surface area contributed by atoms with Gasteiger partial charge < -0.3 is 29.5 Å². The number of nitrogens with one attached hydrogen (secondary N) is 1. The van der Waals surface area contributed by atoms with E-state index in [1.165, 1.54) is 65.0 Å². The highest BCUT2D eigenvalue weighted by atomic mass is 16.5. The van der Waals surface area contributed by atoms with E-state index in [2.05, 4.69) is 33.9 Å².